The normalized spacial score (nSPS) is 16.0. The van der Waals surface area contributed by atoms with E-state index < -0.39 is 5.41 Å². The van der Waals surface area contributed by atoms with E-state index in [4.69, 9.17) is 35.4 Å². The van der Waals surface area contributed by atoms with Crippen LogP contribution < -0.4 is 5.32 Å². The average Bonchev–Trinajstić information content (AvgIpc) is 2.79. The first-order valence-electron chi connectivity index (χ1n) is 7.28. The zero-order chi connectivity index (χ0) is 16.6. The van der Waals surface area contributed by atoms with Crippen molar-refractivity contribution in [1.82, 2.24) is 20.1 Å². The molecule has 1 aliphatic rings. The minimum absolute atomic E-state index is 0.0175. The second-order valence-corrected chi connectivity index (χ2v) is 6.95. The number of nitrogens with one attached hydrogen (secondary N) is 2. The Labute approximate surface area is 149 Å². The highest BCUT2D eigenvalue weighted by Gasteiger charge is 2.45. The van der Waals surface area contributed by atoms with E-state index in [1.807, 2.05) is 13.1 Å². The monoisotopic (exact) mass is 370 g/mol. The Hall–Kier alpha value is -1.37. The molecule has 0 saturated heterocycles. The van der Waals surface area contributed by atoms with Crippen LogP contribution in [-0.4, -0.2) is 20.7 Å². The van der Waals surface area contributed by atoms with Crippen LogP contribution in [0.3, 0.4) is 0 Å². The average molecular weight is 371 g/mol. The molecule has 1 aromatic carbocycles. The summed E-state index contributed by atoms with van der Waals surface area (Å²) in [5, 5.41) is 10.7. The van der Waals surface area contributed by atoms with Gasteiger partial charge in [0.25, 0.3) is 0 Å². The maximum Gasteiger partial charge on any atom is 0.231 e. The molecule has 5 nitrogen and oxygen atoms in total. The smallest absolute Gasteiger partial charge is 0.231 e. The number of H-pyrrole nitrogens is 1. The standard InChI is InChI=1S/C15H16Cl2N4OS/c1-21-12(19-20-14(21)23)8-18-13(22)15(5-2-6-15)9-3-4-10(16)11(17)7-9/h3-4,7H,2,5-6,8H2,1H3,(H,18,22)(H,20,23). The molecule has 0 radical (unpaired) electrons. The fourth-order valence-corrected chi connectivity index (χ4v) is 3.29. The summed E-state index contributed by atoms with van der Waals surface area (Å²) in [5.74, 6) is 0.669. The van der Waals surface area contributed by atoms with E-state index in [9.17, 15) is 4.79 Å². The van der Waals surface area contributed by atoms with Gasteiger partial charge in [-0.1, -0.05) is 35.7 Å². The van der Waals surface area contributed by atoms with Crippen LogP contribution in [0.1, 0.15) is 30.7 Å². The molecule has 2 aromatic rings. The maximum atomic E-state index is 12.8. The summed E-state index contributed by atoms with van der Waals surface area (Å²) in [6.07, 6.45) is 2.62. The van der Waals surface area contributed by atoms with E-state index in [0.717, 1.165) is 24.8 Å². The van der Waals surface area contributed by atoms with Gasteiger partial charge in [0.2, 0.25) is 5.91 Å². The van der Waals surface area contributed by atoms with E-state index in [2.05, 4.69) is 15.5 Å². The molecule has 1 aliphatic carbocycles. The Kier molecular flexibility index (Phi) is 4.49. The number of aromatic nitrogens is 3. The lowest BCUT2D eigenvalue weighted by Crippen LogP contribution is -2.49. The lowest BCUT2D eigenvalue weighted by molar-refractivity contribution is -0.130. The molecule has 1 fully saturated rings. The van der Waals surface area contributed by atoms with Gasteiger partial charge in [-0.05, 0) is 42.8 Å². The Bertz CT molecular complexity index is 810. The zero-order valence-corrected chi connectivity index (χ0v) is 14.9. The summed E-state index contributed by atoms with van der Waals surface area (Å²) in [4.78, 5) is 12.8. The van der Waals surface area contributed by atoms with E-state index in [1.165, 1.54) is 0 Å². The number of carbonyl (C=O) groups is 1. The van der Waals surface area contributed by atoms with Crippen molar-refractivity contribution in [1.29, 1.82) is 0 Å². The lowest BCUT2D eigenvalue weighted by atomic mass is 9.64. The highest BCUT2D eigenvalue weighted by atomic mass is 35.5. The number of rotatable bonds is 4. The number of carbonyl (C=O) groups excluding carboxylic acids is 1. The van der Waals surface area contributed by atoms with Gasteiger partial charge in [-0.3, -0.25) is 9.89 Å². The molecule has 1 aromatic heterocycles. The van der Waals surface area contributed by atoms with Crippen LogP contribution in [0.25, 0.3) is 0 Å². The summed E-state index contributed by atoms with van der Waals surface area (Å²) in [6.45, 7) is 0.325. The van der Waals surface area contributed by atoms with Gasteiger partial charge >= 0.3 is 0 Å². The molecule has 0 atom stereocenters. The Morgan fingerprint density at radius 1 is 1.43 bits per heavy atom. The van der Waals surface area contributed by atoms with Gasteiger partial charge in [0, 0.05) is 7.05 Å². The zero-order valence-electron chi connectivity index (χ0n) is 12.5. The highest BCUT2D eigenvalue weighted by Crippen LogP contribution is 2.45. The van der Waals surface area contributed by atoms with Crippen LogP contribution in [-0.2, 0) is 23.8 Å². The number of benzene rings is 1. The number of amides is 1. The van der Waals surface area contributed by atoms with Crippen molar-refractivity contribution in [3.63, 3.8) is 0 Å². The van der Waals surface area contributed by atoms with Gasteiger partial charge in [-0.15, -0.1) is 0 Å². The third-order valence-corrected chi connectivity index (χ3v) is 5.60. The van der Waals surface area contributed by atoms with E-state index in [-0.39, 0.29) is 5.91 Å². The molecule has 2 N–H and O–H groups in total. The van der Waals surface area contributed by atoms with Gasteiger partial charge in [0.05, 0.1) is 22.0 Å². The van der Waals surface area contributed by atoms with Crippen LogP contribution in [0.2, 0.25) is 10.0 Å². The largest absolute Gasteiger partial charge is 0.348 e. The summed E-state index contributed by atoms with van der Waals surface area (Å²) in [5.41, 5.74) is 0.380. The third-order valence-electron chi connectivity index (χ3n) is 4.49. The van der Waals surface area contributed by atoms with Crippen molar-refractivity contribution in [2.24, 2.45) is 7.05 Å². The van der Waals surface area contributed by atoms with Crippen molar-refractivity contribution in [3.8, 4) is 0 Å². The van der Waals surface area contributed by atoms with E-state index >= 15 is 0 Å². The predicted molar refractivity (Wildman–Crippen MR) is 92.2 cm³/mol. The van der Waals surface area contributed by atoms with Crippen LogP contribution in [0.4, 0.5) is 0 Å². The molecule has 3 rings (SSSR count). The molecule has 8 heteroatoms. The third kappa shape index (κ3) is 2.91. The van der Waals surface area contributed by atoms with Gasteiger partial charge in [-0.2, -0.15) is 5.10 Å². The molecular weight excluding hydrogens is 355 g/mol. The van der Waals surface area contributed by atoms with Crippen molar-refractivity contribution in [2.75, 3.05) is 0 Å². The second-order valence-electron chi connectivity index (χ2n) is 5.75. The molecule has 1 saturated carbocycles. The van der Waals surface area contributed by atoms with Crippen molar-refractivity contribution in [2.45, 2.75) is 31.2 Å². The van der Waals surface area contributed by atoms with Crippen molar-refractivity contribution < 1.29 is 4.79 Å². The predicted octanol–water partition coefficient (Wildman–Crippen LogP) is 3.52. The first-order valence-corrected chi connectivity index (χ1v) is 8.44. The number of halogens is 2. The fourth-order valence-electron chi connectivity index (χ4n) is 2.84. The summed E-state index contributed by atoms with van der Waals surface area (Å²) < 4.78 is 2.26. The number of aromatic amines is 1. The SMILES string of the molecule is Cn1c(CNC(=O)C2(c3ccc(Cl)c(Cl)c3)CCC2)n[nH]c1=S. The van der Waals surface area contributed by atoms with Crippen LogP contribution >= 0.6 is 35.4 Å². The first-order chi connectivity index (χ1) is 10.9. The highest BCUT2D eigenvalue weighted by molar-refractivity contribution is 7.71. The fraction of sp³-hybridized carbons (Fsp3) is 0.400. The molecule has 1 heterocycles. The van der Waals surface area contributed by atoms with Crippen LogP contribution in [0.5, 0.6) is 0 Å². The van der Waals surface area contributed by atoms with Crippen LogP contribution in [0, 0.1) is 4.77 Å². The quantitative estimate of drug-likeness (QED) is 0.809. The summed E-state index contributed by atoms with van der Waals surface area (Å²) >= 11 is 17.2. The van der Waals surface area contributed by atoms with Crippen molar-refractivity contribution in [3.05, 3.63) is 44.4 Å². The Morgan fingerprint density at radius 3 is 2.70 bits per heavy atom. The lowest BCUT2D eigenvalue weighted by Gasteiger charge is -2.40. The Morgan fingerprint density at radius 2 is 2.17 bits per heavy atom. The molecule has 0 aliphatic heterocycles. The maximum absolute atomic E-state index is 12.8. The second kappa shape index (κ2) is 6.26. The topological polar surface area (TPSA) is 62.7 Å². The number of nitrogens with zero attached hydrogens (tertiary/aromatic N) is 2. The van der Waals surface area contributed by atoms with E-state index in [1.54, 1.807) is 16.7 Å². The van der Waals surface area contributed by atoms with Crippen molar-refractivity contribution >= 4 is 41.3 Å². The summed E-state index contributed by atoms with van der Waals surface area (Å²) in [7, 11) is 1.81. The van der Waals surface area contributed by atoms with Gasteiger partial charge in [-0.25, -0.2) is 0 Å². The van der Waals surface area contributed by atoms with Gasteiger partial charge in [0.15, 0.2) is 10.6 Å². The molecule has 23 heavy (non-hydrogen) atoms. The molecule has 0 unspecified atom stereocenters. The summed E-state index contributed by atoms with van der Waals surface area (Å²) in [6, 6.07) is 5.41. The minimum atomic E-state index is -0.528. The minimum Gasteiger partial charge on any atom is -0.348 e. The molecule has 0 bridgehead atoms. The number of hydrogen-bond donors (Lipinski definition) is 2. The molecule has 122 valence electrons. The van der Waals surface area contributed by atoms with Crippen LogP contribution in [0.15, 0.2) is 18.2 Å². The van der Waals surface area contributed by atoms with Gasteiger partial charge < -0.3 is 9.88 Å². The molecule has 1 amide bonds. The van der Waals surface area contributed by atoms with E-state index in [0.29, 0.717) is 27.2 Å². The first kappa shape index (κ1) is 16.5. The Balaban J connectivity index is 1.79. The van der Waals surface area contributed by atoms with Gasteiger partial charge in [0.1, 0.15) is 0 Å². The molecule has 0 spiro atoms. The number of hydrogen-bond acceptors (Lipinski definition) is 3. The molecular formula is C15H16Cl2N4OS.